The van der Waals surface area contributed by atoms with E-state index in [1.165, 1.54) is 12.1 Å². The van der Waals surface area contributed by atoms with E-state index < -0.39 is 11.8 Å². The molecule has 1 N–H and O–H groups in total. The Labute approximate surface area is 149 Å². The van der Waals surface area contributed by atoms with Gasteiger partial charge in [0.2, 0.25) is 0 Å². The average Bonchev–Trinajstić information content (AvgIpc) is 3.09. The molecule has 0 aliphatic carbocycles. The van der Waals surface area contributed by atoms with Gasteiger partial charge < -0.3 is 14.6 Å². The number of hydrogen-bond acceptors (Lipinski definition) is 3. The molecular weight excluding hydrogens is 330 g/mol. The normalized spacial score (nSPS) is 13.8. The maximum Gasteiger partial charge on any atom is 0.338 e. The van der Waals surface area contributed by atoms with E-state index in [0.717, 1.165) is 11.1 Å². The van der Waals surface area contributed by atoms with Crippen molar-refractivity contribution in [1.29, 1.82) is 0 Å². The van der Waals surface area contributed by atoms with E-state index >= 15 is 0 Å². The van der Waals surface area contributed by atoms with Gasteiger partial charge >= 0.3 is 11.8 Å². The number of carboxylic acid groups (broad SMARTS) is 1. The van der Waals surface area contributed by atoms with Gasteiger partial charge in [-0.05, 0) is 12.1 Å². The Balaban J connectivity index is 1.95. The Morgan fingerprint density at radius 1 is 0.923 bits per heavy atom. The molecule has 0 bridgehead atoms. The molecule has 0 atom stereocenters. The van der Waals surface area contributed by atoms with Crippen molar-refractivity contribution < 1.29 is 19.4 Å². The van der Waals surface area contributed by atoms with Crippen LogP contribution in [-0.4, -0.2) is 11.1 Å². The van der Waals surface area contributed by atoms with Crippen molar-refractivity contribution in [1.82, 2.24) is 0 Å². The number of aromatic carboxylic acids is 1. The van der Waals surface area contributed by atoms with Crippen LogP contribution in [0, 0.1) is 6.57 Å². The van der Waals surface area contributed by atoms with Crippen LogP contribution in [-0.2, 0) is 5.79 Å². The van der Waals surface area contributed by atoms with Crippen LogP contribution < -0.4 is 9.47 Å². The molecule has 1 aliphatic rings. The molecule has 4 rings (SSSR count). The number of fused-ring (bicyclic) bond motifs is 1. The van der Waals surface area contributed by atoms with Crippen molar-refractivity contribution in [3.63, 3.8) is 0 Å². The molecule has 0 spiro atoms. The van der Waals surface area contributed by atoms with Gasteiger partial charge in [-0.25, -0.2) is 9.64 Å². The Hall–Kier alpha value is -3.78. The van der Waals surface area contributed by atoms with Crippen LogP contribution in [0.2, 0.25) is 0 Å². The second-order valence-electron chi connectivity index (χ2n) is 5.79. The van der Waals surface area contributed by atoms with E-state index in [1.807, 2.05) is 60.7 Å². The quantitative estimate of drug-likeness (QED) is 0.706. The summed E-state index contributed by atoms with van der Waals surface area (Å²) in [5.41, 5.74) is 1.54. The second-order valence-corrected chi connectivity index (χ2v) is 5.79. The molecule has 1 aliphatic heterocycles. The lowest BCUT2D eigenvalue weighted by atomic mass is 9.97. The molecule has 3 aromatic rings. The monoisotopic (exact) mass is 343 g/mol. The lowest BCUT2D eigenvalue weighted by Gasteiger charge is -2.28. The largest absolute Gasteiger partial charge is 0.478 e. The second kappa shape index (κ2) is 5.94. The van der Waals surface area contributed by atoms with Crippen molar-refractivity contribution in [3.8, 4) is 11.5 Å². The van der Waals surface area contributed by atoms with Crippen LogP contribution in [0.15, 0.2) is 72.8 Å². The highest BCUT2D eigenvalue weighted by Crippen LogP contribution is 2.50. The van der Waals surface area contributed by atoms with Crippen LogP contribution in [0.3, 0.4) is 0 Å². The fourth-order valence-corrected chi connectivity index (χ4v) is 3.03. The first-order chi connectivity index (χ1) is 12.6. The molecule has 1 heterocycles. The maximum atomic E-state index is 11.7. The number of benzene rings is 3. The topological polar surface area (TPSA) is 60.1 Å². The number of nitrogens with zero attached hydrogens (tertiary/aromatic N) is 1. The van der Waals surface area contributed by atoms with Crippen molar-refractivity contribution in [2.75, 3.05) is 0 Å². The van der Waals surface area contributed by atoms with E-state index in [0.29, 0.717) is 0 Å². The van der Waals surface area contributed by atoms with E-state index in [2.05, 4.69) is 4.85 Å². The maximum absolute atomic E-state index is 11.7. The number of ether oxygens (including phenoxy) is 2. The summed E-state index contributed by atoms with van der Waals surface area (Å²) in [6.45, 7) is 7.21. The fraction of sp³-hybridized carbons (Fsp3) is 0.0476. The predicted molar refractivity (Wildman–Crippen MR) is 94.6 cm³/mol. The molecule has 3 aromatic carbocycles. The molecular formula is C21H13NO4. The predicted octanol–water partition coefficient (Wildman–Crippen LogP) is 4.61. The van der Waals surface area contributed by atoms with Crippen molar-refractivity contribution in [2.45, 2.75) is 5.79 Å². The van der Waals surface area contributed by atoms with Gasteiger partial charge in [0.15, 0.2) is 17.2 Å². The highest BCUT2D eigenvalue weighted by atomic mass is 16.7. The summed E-state index contributed by atoms with van der Waals surface area (Å²) in [5.74, 6) is -2.12. The molecule has 26 heavy (non-hydrogen) atoms. The number of hydrogen-bond donors (Lipinski definition) is 1. The van der Waals surface area contributed by atoms with Gasteiger partial charge in [-0.1, -0.05) is 60.7 Å². The molecule has 0 amide bonds. The van der Waals surface area contributed by atoms with Gasteiger partial charge in [-0.3, -0.25) is 0 Å². The van der Waals surface area contributed by atoms with Crippen LogP contribution in [0.25, 0.3) is 4.85 Å². The molecule has 0 unspecified atom stereocenters. The van der Waals surface area contributed by atoms with Crippen LogP contribution >= 0.6 is 0 Å². The summed E-state index contributed by atoms with van der Waals surface area (Å²) in [7, 11) is 0. The molecule has 0 saturated heterocycles. The first-order valence-electron chi connectivity index (χ1n) is 7.92. The van der Waals surface area contributed by atoms with Crippen LogP contribution in [0.5, 0.6) is 11.5 Å². The first kappa shape index (κ1) is 15.7. The van der Waals surface area contributed by atoms with E-state index in [-0.39, 0.29) is 22.7 Å². The van der Waals surface area contributed by atoms with Gasteiger partial charge in [0, 0.05) is 11.1 Å². The average molecular weight is 343 g/mol. The SMILES string of the molecule is [C-]#[N+]c1cc2c(c(C(=O)O)c1)OC(c1ccccc1)(c1ccccc1)O2. The minimum absolute atomic E-state index is 0.0952. The molecule has 5 nitrogen and oxygen atoms in total. The van der Waals surface area contributed by atoms with Crippen molar-refractivity contribution >= 4 is 11.7 Å². The smallest absolute Gasteiger partial charge is 0.338 e. The standard InChI is InChI=1S/C21H13NO4/c1-22-16-12-17(20(23)24)19-18(13-16)25-21(26-19,14-8-4-2-5-9-14)15-10-6-3-7-11-15/h2-13H,(H,23,24). The van der Waals surface area contributed by atoms with E-state index in [1.54, 1.807) is 0 Å². The van der Waals surface area contributed by atoms with Gasteiger partial charge in [0.05, 0.1) is 12.1 Å². The first-order valence-corrected chi connectivity index (χ1v) is 7.92. The zero-order chi connectivity index (χ0) is 18.1. The molecule has 0 aromatic heterocycles. The fourth-order valence-electron chi connectivity index (χ4n) is 3.03. The Morgan fingerprint density at radius 2 is 1.50 bits per heavy atom. The third-order valence-electron chi connectivity index (χ3n) is 4.21. The third-order valence-corrected chi connectivity index (χ3v) is 4.21. The minimum Gasteiger partial charge on any atom is -0.478 e. The van der Waals surface area contributed by atoms with Gasteiger partial charge in [-0.15, -0.1) is 0 Å². The molecule has 126 valence electrons. The van der Waals surface area contributed by atoms with Crippen molar-refractivity contribution in [2.24, 2.45) is 0 Å². The lowest BCUT2D eigenvalue weighted by Crippen LogP contribution is -2.36. The Bertz CT molecular complexity index is 984. The van der Waals surface area contributed by atoms with E-state index in [9.17, 15) is 9.90 Å². The van der Waals surface area contributed by atoms with Crippen LogP contribution in [0.4, 0.5) is 5.69 Å². The van der Waals surface area contributed by atoms with E-state index in [4.69, 9.17) is 16.0 Å². The summed E-state index contributed by atoms with van der Waals surface area (Å²) in [5, 5.41) is 9.54. The number of rotatable bonds is 3. The zero-order valence-corrected chi connectivity index (χ0v) is 13.5. The number of carboxylic acids is 1. The molecule has 0 radical (unpaired) electrons. The highest BCUT2D eigenvalue weighted by Gasteiger charge is 2.47. The summed E-state index contributed by atoms with van der Waals surface area (Å²) in [4.78, 5) is 15.0. The summed E-state index contributed by atoms with van der Waals surface area (Å²) >= 11 is 0. The Kier molecular flexibility index (Phi) is 3.59. The molecule has 5 heteroatoms. The van der Waals surface area contributed by atoms with Gasteiger partial charge in [0.1, 0.15) is 0 Å². The van der Waals surface area contributed by atoms with Gasteiger partial charge in [-0.2, -0.15) is 0 Å². The summed E-state index contributed by atoms with van der Waals surface area (Å²) in [6, 6.07) is 21.4. The molecule has 0 saturated carbocycles. The highest BCUT2D eigenvalue weighted by molar-refractivity contribution is 5.94. The zero-order valence-electron chi connectivity index (χ0n) is 13.5. The summed E-state index contributed by atoms with van der Waals surface area (Å²) < 4.78 is 12.3. The Morgan fingerprint density at radius 3 is 2.00 bits per heavy atom. The lowest BCUT2D eigenvalue weighted by molar-refractivity contribution is -0.0461. The third kappa shape index (κ3) is 2.36. The minimum atomic E-state index is -1.31. The van der Waals surface area contributed by atoms with Crippen molar-refractivity contribution in [3.05, 3.63) is 101 Å². The molecule has 0 fully saturated rings. The number of carbonyl (C=O) groups is 1. The summed E-state index contributed by atoms with van der Waals surface area (Å²) in [6.07, 6.45) is 0. The van der Waals surface area contributed by atoms with Crippen LogP contribution in [0.1, 0.15) is 21.5 Å². The van der Waals surface area contributed by atoms with Gasteiger partial charge in [0.25, 0.3) is 0 Å².